The van der Waals surface area contributed by atoms with E-state index in [0.29, 0.717) is 29.9 Å². The molecule has 4 aromatic rings. The van der Waals surface area contributed by atoms with Crippen molar-refractivity contribution in [2.45, 2.75) is 32.6 Å². The number of nitrogens with zero attached hydrogens (tertiary/aromatic N) is 4. The highest BCUT2D eigenvalue weighted by Gasteiger charge is 2.38. The van der Waals surface area contributed by atoms with E-state index >= 15 is 0 Å². The number of aromatic nitrogens is 3. The molecular weight excluding hydrogens is 497 g/mol. The standard InChI is InChI=1S/C28H23F3N4O3/c1-15-13-18(29)9-10-19(15)24-20-11-12-23(36)34(25-21(30)3-2-4-22(25)31)26(20)33-28(32-24)35(27(37)17-7-8-17)38-14-16-5-6-16/h2-4,9-13,16-17H,5-8,14H2,1H3. The van der Waals surface area contributed by atoms with Crippen LogP contribution >= 0.6 is 0 Å². The van der Waals surface area contributed by atoms with Crippen molar-refractivity contribution < 1.29 is 22.8 Å². The first-order chi connectivity index (χ1) is 18.3. The fourth-order valence-electron chi connectivity index (χ4n) is 4.39. The molecule has 0 aliphatic heterocycles. The lowest BCUT2D eigenvalue weighted by Crippen LogP contribution is -2.35. The maximum absolute atomic E-state index is 14.9. The van der Waals surface area contributed by atoms with Crippen molar-refractivity contribution in [3.05, 3.63) is 81.9 Å². The molecular formula is C28H23F3N4O3. The minimum absolute atomic E-state index is 0.117. The Labute approximate surface area is 215 Å². The maximum Gasteiger partial charge on any atom is 0.259 e. The summed E-state index contributed by atoms with van der Waals surface area (Å²) in [6, 6.07) is 10.00. The third kappa shape index (κ3) is 4.45. The van der Waals surface area contributed by atoms with Gasteiger partial charge in [0.05, 0.1) is 12.3 Å². The average molecular weight is 521 g/mol. The molecule has 2 aliphatic carbocycles. The number of anilines is 1. The molecule has 0 N–H and O–H groups in total. The zero-order valence-corrected chi connectivity index (χ0v) is 20.5. The molecule has 0 radical (unpaired) electrons. The quantitative estimate of drug-likeness (QED) is 0.311. The molecule has 0 unspecified atom stereocenters. The molecule has 2 saturated carbocycles. The number of para-hydroxylation sites is 1. The summed E-state index contributed by atoms with van der Waals surface area (Å²) < 4.78 is 44.6. The number of amides is 1. The summed E-state index contributed by atoms with van der Waals surface area (Å²) in [5.41, 5.74) is -0.157. The zero-order valence-electron chi connectivity index (χ0n) is 20.5. The van der Waals surface area contributed by atoms with Gasteiger partial charge in [0.1, 0.15) is 23.1 Å². The summed E-state index contributed by atoms with van der Waals surface area (Å²) in [6.45, 7) is 1.98. The summed E-state index contributed by atoms with van der Waals surface area (Å²) >= 11 is 0. The van der Waals surface area contributed by atoms with Crippen LogP contribution in [0.25, 0.3) is 28.0 Å². The molecule has 0 bridgehead atoms. The smallest absolute Gasteiger partial charge is 0.259 e. The third-order valence-electron chi connectivity index (χ3n) is 6.79. The number of carbonyl (C=O) groups excluding carboxylic acids is 1. The van der Waals surface area contributed by atoms with E-state index < -0.39 is 28.7 Å². The van der Waals surface area contributed by atoms with E-state index in [1.807, 2.05) is 0 Å². The first-order valence-corrected chi connectivity index (χ1v) is 12.4. The van der Waals surface area contributed by atoms with Crippen LogP contribution in [0.2, 0.25) is 0 Å². The average Bonchev–Trinajstić information content (AvgIpc) is 3.79. The van der Waals surface area contributed by atoms with Crippen molar-refractivity contribution in [3.63, 3.8) is 0 Å². The van der Waals surface area contributed by atoms with Gasteiger partial charge in [-0.3, -0.25) is 19.0 Å². The Hall–Kier alpha value is -4.05. The van der Waals surface area contributed by atoms with Crippen LogP contribution < -0.4 is 10.6 Å². The lowest BCUT2D eigenvalue weighted by atomic mass is 10.0. The predicted octanol–water partition coefficient (Wildman–Crippen LogP) is 5.26. The molecule has 38 heavy (non-hydrogen) atoms. The SMILES string of the molecule is Cc1cc(F)ccc1-c1nc(N(OCC2CC2)C(=O)C2CC2)nc2c1ccc(=O)n2-c1c(F)cccc1F. The van der Waals surface area contributed by atoms with Gasteiger partial charge >= 0.3 is 0 Å². The van der Waals surface area contributed by atoms with Crippen LogP contribution in [0.5, 0.6) is 0 Å². The van der Waals surface area contributed by atoms with Gasteiger partial charge in [0.15, 0.2) is 5.65 Å². The van der Waals surface area contributed by atoms with Gasteiger partial charge in [0.2, 0.25) is 0 Å². The second kappa shape index (κ2) is 9.36. The Balaban J connectivity index is 1.65. The van der Waals surface area contributed by atoms with Crippen molar-refractivity contribution in [1.29, 1.82) is 0 Å². The number of carbonyl (C=O) groups is 1. The van der Waals surface area contributed by atoms with Crippen molar-refractivity contribution >= 4 is 22.9 Å². The summed E-state index contributed by atoms with van der Waals surface area (Å²) in [5.74, 6) is -2.79. The van der Waals surface area contributed by atoms with Crippen LogP contribution in [-0.2, 0) is 9.63 Å². The predicted molar refractivity (Wildman–Crippen MR) is 134 cm³/mol. The number of hydrogen-bond acceptors (Lipinski definition) is 5. The topological polar surface area (TPSA) is 77.3 Å². The van der Waals surface area contributed by atoms with Gasteiger partial charge in [0, 0.05) is 22.9 Å². The number of hydroxylamine groups is 1. The number of fused-ring (bicyclic) bond motifs is 1. The van der Waals surface area contributed by atoms with E-state index in [1.54, 1.807) is 6.92 Å². The highest BCUT2D eigenvalue weighted by molar-refractivity contribution is 5.97. The van der Waals surface area contributed by atoms with Gasteiger partial charge in [-0.1, -0.05) is 6.07 Å². The normalized spacial score (nSPS) is 15.2. The van der Waals surface area contributed by atoms with Crippen LogP contribution in [0.4, 0.5) is 19.1 Å². The first-order valence-electron chi connectivity index (χ1n) is 12.4. The fourth-order valence-corrected chi connectivity index (χ4v) is 4.39. The number of rotatable bonds is 7. The van der Waals surface area contributed by atoms with Crippen LogP contribution in [0.3, 0.4) is 0 Å². The number of benzene rings is 2. The highest BCUT2D eigenvalue weighted by atomic mass is 19.1. The fraction of sp³-hybridized carbons (Fsp3) is 0.286. The second-order valence-corrected chi connectivity index (χ2v) is 9.79. The molecule has 2 aromatic carbocycles. The summed E-state index contributed by atoms with van der Waals surface area (Å²) in [4.78, 5) is 41.3. The van der Waals surface area contributed by atoms with Crippen LogP contribution in [0, 0.1) is 36.2 Å². The molecule has 194 valence electrons. The molecule has 7 nitrogen and oxygen atoms in total. The van der Waals surface area contributed by atoms with Crippen LogP contribution in [0.15, 0.2) is 53.3 Å². The molecule has 1 amide bonds. The number of hydrogen-bond donors (Lipinski definition) is 0. The molecule has 2 heterocycles. The lowest BCUT2D eigenvalue weighted by molar-refractivity contribution is -0.127. The Morgan fingerprint density at radius 3 is 2.42 bits per heavy atom. The molecule has 10 heteroatoms. The first kappa shape index (κ1) is 24.3. The second-order valence-electron chi connectivity index (χ2n) is 9.79. The number of pyridine rings is 1. The Bertz CT molecular complexity index is 1630. The van der Waals surface area contributed by atoms with Gasteiger partial charge in [0.25, 0.3) is 17.4 Å². The van der Waals surface area contributed by atoms with E-state index in [2.05, 4.69) is 9.97 Å². The molecule has 6 rings (SSSR count). The minimum atomic E-state index is -0.963. The van der Waals surface area contributed by atoms with Crippen molar-refractivity contribution in [2.75, 3.05) is 11.7 Å². The van der Waals surface area contributed by atoms with Crippen molar-refractivity contribution in [1.82, 2.24) is 14.5 Å². The van der Waals surface area contributed by atoms with E-state index in [-0.39, 0.29) is 41.1 Å². The lowest BCUT2D eigenvalue weighted by Gasteiger charge is -2.22. The molecule has 0 spiro atoms. The maximum atomic E-state index is 14.9. The van der Waals surface area contributed by atoms with Gasteiger partial charge < -0.3 is 0 Å². The van der Waals surface area contributed by atoms with E-state index in [0.717, 1.165) is 40.7 Å². The molecule has 2 fully saturated rings. The Morgan fingerprint density at radius 2 is 1.76 bits per heavy atom. The van der Waals surface area contributed by atoms with E-state index in [1.165, 1.54) is 30.3 Å². The van der Waals surface area contributed by atoms with E-state index in [9.17, 15) is 22.8 Å². The largest absolute Gasteiger partial charge is 0.272 e. The van der Waals surface area contributed by atoms with Crippen molar-refractivity contribution in [2.24, 2.45) is 11.8 Å². The molecule has 0 saturated heterocycles. The van der Waals surface area contributed by atoms with Gasteiger partial charge in [-0.25, -0.2) is 18.2 Å². The monoisotopic (exact) mass is 520 g/mol. The Kier molecular flexibility index (Phi) is 5.98. The van der Waals surface area contributed by atoms with Gasteiger partial charge in [-0.2, -0.15) is 10.0 Å². The summed E-state index contributed by atoms with van der Waals surface area (Å²) in [7, 11) is 0. The summed E-state index contributed by atoms with van der Waals surface area (Å²) in [6.07, 6.45) is 3.36. The highest BCUT2D eigenvalue weighted by Crippen LogP contribution is 2.36. The van der Waals surface area contributed by atoms with E-state index in [4.69, 9.17) is 4.84 Å². The van der Waals surface area contributed by atoms with Gasteiger partial charge in [-0.05, 0) is 80.5 Å². The number of aryl methyl sites for hydroxylation is 1. The van der Waals surface area contributed by atoms with Crippen molar-refractivity contribution in [3.8, 4) is 16.9 Å². The Morgan fingerprint density at radius 1 is 1.03 bits per heavy atom. The zero-order chi connectivity index (χ0) is 26.6. The number of halogens is 3. The molecule has 2 aromatic heterocycles. The van der Waals surface area contributed by atoms with Gasteiger partial charge in [-0.15, -0.1) is 0 Å². The third-order valence-corrected chi connectivity index (χ3v) is 6.79. The summed E-state index contributed by atoms with van der Waals surface area (Å²) in [5, 5.41) is 1.32. The molecule has 2 aliphatic rings. The minimum Gasteiger partial charge on any atom is -0.272 e. The van der Waals surface area contributed by atoms with Crippen LogP contribution in [-0.4, -0.2) is 27.0 Å². The van der Waals surface area contributed by atoms with Crippen LogP contribution in [0.1, 0.15) is 31.2 Å². The molecule has 0 atom stereocenters.